The monoisotopic (exact) mass is 294 g/mol. The van der Waals surface area contributed by atoms with Gasteiger partial charge in [-0.3, -0.25) is 14.9 Å². The van der Waals surface area contributed by atoms with Gasteiger partial charge in [-0.1, -0.05) is 6.07 Å². The predicted molar refractivity (Wildman–Crippen MR) is 69.6 cm³/mol. The lowest BCUT2D eigenvalue weighted by molar-refractivity contribution is -0.385. The minimum atomic E-state index is -1.25. The molecule has 1 heterocycles. The molecule has 0 saturated carbocycles. The van der Waals surface area contributed by atoms with Gasteiger partial charge in [0.05, 0.1) is 16.2 Å². The molecule has 2 rings (SSSR count). The summed E-state index contributed by atoms with van der Waals surface area (Å²) in [5.41, 5.74) is 4.28. The zero-order valence-electron chi connectivity index (χ0n) is 10.3. The van der Waals surface area contributed by atoms with Crippen molar-refractivity contribution in [3.63, 3.8) is 0 Å². The number of carbonyl (C=O) groups excluding carboxylic acids is 1. The number of nitrogen functional groups attached to an aromatic ring is 1. The van der Waals surface area contributed by atoms with E-state index < -0.39 is 33.8 Å². The molecule has 1 amide bonds. The van der Waals surface area contributed by atoms with Crippen molar-refractivity contribution in [2.75, 3.05) is 11.1 Å². The van der Waals surface area contributed by atoms with Crippen molar-refractivity contribution >= 4 is 23.1 Å². The third kappa shape index (κ3) is 2.91. The summed E-state index contributed by atoms with van der Waals surface area (Å²) in [6.45, 7) is 0. The lowest BCUT2D eigenvalue weighted by atomic mass is 10.2. The van der Waals surface area contributed by atoms with Gasteiger partial charge in [0.1, 0.15) is 12.0 Å². The Morgan fingerprint density at radius 2 is 2.10 bits per heavy atom. The number of nitro groups is 1. The van der Waals surface area contributed by atoms with Gasteiger partial charge in [-0.05, 0) is 12.1 Å². The highest BCUT2D eigenvalue weighted by Gasteiger charge is 2.18. The number of aromatic nitrogens is 1. The molecule has 0 unspecified atom stereocenters. The van der Waals surface area contributed by atoms with Crippen molar-refractivity contribution in [3.8, 4) is 0 Å². The van der Waals surface area contributed by atoms with E-state index in [1.54, 1.807) is 0 Å². The summed E-state index contributed by atoms with van der Waals surface area (Å²) in [6.07, 6.45) is 0.884. The van der Waals surface area contributed by atoms with Crippen LogP contribution in [0.25, 0.3) is 0 Å². The first-order valence-electron chi connectivity index (χ1n) is 5.55. The van der Waals surface area contributed by atoms with E-state index in [9.17, 15) is 23.7 Å². The minimum Gasteiger partial charge on any atom is -0.383 e. The van der Waals surface area contributed by atoms with Crippen LogP contribution >= 0.6 is 0 Å². The number of nitrogens with zero attached hydrogens (tertiary/aromatic N) is 2. The molecule has 0 spiro atoms. The fourth-order valence-corrected chi connectivity index (χ4v) is 1.54. The molecule has 9 heteroatoms. The molecule has 7 nitrogen and oxygen atoms in total. The Kier molecular flexibility index (Phi) is 3.74. The molecule has 0 saturated heterocycles. The second-order valence-corrected chi connectivity index (χ2v) is 3.94. The van der Waals surface area contributed by atoms with Crippen molar-refractivity contribution in [1.29, 1.82) is 0 Å². The topological polar surface area (TPSA) is 111 Å². The molecule has 0 bridgehead atoms. The summed E-state index contributed by atoms with van der Waals surface area (Å²) >= 11 is 0. The molecule has 1 aromatic heterocycles. The Bertz CT molecular complexity index is 736. The molecule has 0 atom stereocenters. The molecule has 0 aliphatic carbocycles. The van der Waals surface area contributed by atoms with Crippen molar-refractivity contribution in [2.45, 2.75) is 0 Å². The molecule has 1 aromatic carbocycles. The van der Waals surface area contributed by atoms with Gasteiger partial charge in [0.2, 0.25) is 0 Å². The van der Waals surface area contributed by atoms with Gasteiger partial charge >= 0.3 is 0 Å². The molecule has 21 heavy (non-hydrogen) atoms. The Hall–Kier alpha value is -3.10. The zero-order valence-corrected chi connectivity index (χ0v) is 10.3. The lowest BCUT2D eigenvalue weighted by Crippen LogP contribution is -2.16. The average Bonchev–Trinajstić information content (AvgIpc) is 2.44. The maximum absolute atomic E-state index is 13.4. The Balaban J connectivity index is 2.34. The highest BCUT2D eigenvalue weighted by atomic mass is 19.2. The number of hydrogen-bond donors (Lipinski definition) is 2. The van der Waals surface area contributed by atoms with E-state index in [-0.39, 0.29) is 11.4 Å². The number of rotatable bonds is 3. The Morgan fingerprint density at radius 1 is 1.38 bits per heavy atom. The summed E-state index contributed by atoms with van der Waals surface area (Å²) in [7, 11) is 0. The SMILES string of the molecule is Nc1ncc([N+](=O)[O-])cc1C(=O)Nc1cccc(F)c1F. The van der Waals surface area contributed by atoms with E-state index in [2.05, 4.69) is 10.3 Å². The van der Waals surface area contributed by atoms with Crippen LogP contribution in [0, 0.1) is 21.7 Å². The maximum Gasteiger partial charge on any atom is 0.288 e. The quantitative estimate of drug-likeness (QED) is 0.665. The largest absolute Gasteiger partial charge is 0.383 e. The third-order valence-electron chi connectivity index (χ3n) is 2.56. The van der Waals surface area contributed by atoms with Crippen molar-refractivity contribution < 1.29 is 18.5 Å². The van der Waals surface area contributed by atoms with Crippen LogP contribution in [0.15, 0.2) is 30.5 Å². The molecule has 2 aromatic rings. The number of carbonyl (C=O) groups is 1. The zero-order chi connectivity index (χ0) is 15.6. The maximum atomic E-state index is 13.4. The molecule has 0 fully saturated rings. The van der Waals surface area contributed by atoms with E-state index >= 15 is 0 Å². The Labute approximate surface area is 116 Å². The van der Waals surface area contributed by atoms with Gasteiger partial charge in [-0.2, -0.15) is 0 Å². The van der Waals surface area contributed by atoms with Crippen LogP contribution in [0.5, 0.6) is 0 Å². The first-order chi connectivity index (χ1) is 9.90. The van der Waals surface area contributed by atoms with E-state index in [1.165, 1.54) is 6.07 Å². The summed E-state index contributed by atoms with van der Waals surface area (Å²) in [6, 6.07) is 4.11. The number of anilines is 2. The van der Waals surface area contributed by atoms with Crippen LogP contribution < -0.4 is 11.1 Å². The summed E-state index contributed by atoms with van der Waals surface area (Å²) in [4.78, 5) is 25.3. The average molecular weight is 294 g/mol. The second kappa shape index (κ2) is 5.49. The molecule has 0 aliphatic rings. The van der Waals surface area contributed by atoms with E-state index in [1.807, 2.05) is 0 Å². The van der Waals surface area contributed by atoms with E-state index in [0.717, 1.165) is 24.4 Å². The van der Waals surface area contributed by atoms with Crippen LogP contribution in [0.1, 0.15) is 10.4 Å². The van der Waals surface area contributed by atoms with Crippen molar-refractivity contribution in [2.24, 2.45) is 0 Å². The van der Waals surface area contributed by atoms with Gasteiger partial charge in [-0.25, -0.2) is 13.8 Å². The number of nitrogens with two attached hydrogens (primary N) is 1. The first kappa shape index (κ1) is 14.3. The van der Waals surface area contributed by atoms with Crippen LogP contribution in [-0.2, 0) is 0 Å². The van der Waals surface area contributed by atoms with Crippen LogP contribution in [-0.4, -0.2) is 15.8 Å². The molecule has 3 N–H and O–H groups in total. The third-order valence-corrected chi connectivity index (χ3v) is 2.56. The molecular weight excluding hydrogens is 286 g/mol. The standard InChI is InChI=1S/C12H8F2N4O3/c13-8-2-1-3-9(10(8)14)17-12(19)7-4-6(18(20)21)5-16-11(7)15/h1-5H,(H2,15,16)(H,17,19). The summed E-state index contributed by atoms with van der Waals surface area (Å²) in [5.74, 6) is -3.59. The number of amides is 1. The predicted octanol–water partition coefficient (Wildman–Crippen LogP) is 2.10. The van der Waals surface area contributed by atoms with E-state index in [0.29, 0.717) is 0 Å². The van der Waals surface area contributed by atoms with Crippen molar-refractivity contribution in [3.05, 3.63) is 57.8 Å². The minimum absolute atomic E-state index is 0.269. The second-order valence-electron chi connectivity index (χ2n) is 3.94. The first-order valence-corrected chi connectivity index (χ1v) is 5.55. The normalized spacial score (nSPS) is 10.2. The lowest BCUT2D eigenvalue weighted by Gasteiger charge is -2.08. The molecular formula is C12H8F2N4O3. The molecule has 0 aliphatic heterocycles. The highest BCUT2D eigenvalue weighted by Crippen LogP contribution is 2.21. The van der Waals surface area contributed by atoms with Crippen LogP contribution in [0.4, 0.5) is 26.0 Å². The number of pyridine rings is 1. The summed E-state index contributed by atoms with van der Waals surface area (Å²) < 4.78 is 26.5. The molecule has 0 radical (unpaired) electrons. The summed E-state index contributed by atoms with van der Waals surface area (Å²) in [5, 5.41) is 12.7. The number of benzene rings is 1. The fraction of sp³-hybridized carbons (Fsp3) is 0. The fourth-order valence-electron chi connectivity index (χ4n) is 1.54. The highest BCUT2D eigenvalue weighted by molar-refractivity contribution is 6.07. The van der Waals surface area contributed by atoms with E-state index in [4.69, 9.17) is 5.73 Å². The van der Waals surface area contributed by atoms with Crippen LogP contribution in [0.2, 0.25) is 0 Å². The van der Waals surface area contributed by atoms with Gasteiger partial charge in [0.15, 0.2) is 11.6 Å². The molecule has 108 valence electrons. The van der Waals surface area contributed by atoms with Gasteiger partial charge < -0.3 is 11.1 Å². The van der Waals surface area contributed by atoms with Crippen LogP contribution in [0.3, 0.4) is 0 Å². The van der Waals surface area contributed by atoms with Gasteiger partial charge in [0, 0.05) is 6.07 Å². The Morgan fingerprint density at radius 3 is 2.76 bits per heavy atom. The number of hydrogen-bond acceptors (Lipinski definition) is 5. The van der Waals surface area contributed by atoms with Gasteiger partial charge in [-0.15, -0.1) is 0 Å². The van der Waals surface area contributed by atoms with Gasteiger partial charge in [0.25, 0.3) is 11.6 Å². The number of nitrogens with one attached hydrogen (secondary N) is 1. The van der Waals surface area contributed by atoms with Crippen molar-refractivity contribution in [1.82, 2.24) is 4.98 Å². The number of halogens is 2. The smallest absolute Gasteiger partial charge is 0.288 e.